The standard InChI is InChI=1S/C13H16N2O4/c1-2-3-15-13(16)7-17-10-5-12-11(18-8-19-12)4-9(10)6-14/h2,4-5H,1,3,6-8,14H2,(H,15,16). The molecule has 2 rings (SSSR count). The first-order valence-corrected chi connectivity index (χ1v) is 5.87. The van der Waals surface area contributed by atoms with Crippen LogP contribution >= 0.6 is 0 Å². The van der Waals surface area contributed by atoms with Gasteiger partial charge in [-0.15, -0.1) is 6.58 Å². The number of benzene rings is 1. The molecule has 3 N–H and O–H groups in total. The number of ether oxygens (including phenoxy) is 3. The van der Waals surface area contributed by atoms with Gasteiger partial charge in [0.15, 0.2) is 18.1 Å². The summed E-state index contributed by atoms with van der Waals surface area (Å²) in [5, 5.41) is 2.62. The van der Waals surface area contributed by atoms with Gasteiger partial charge in [-0.1, -0.05) is 6.08 Å². The molecule has 0 spiro atoms. The highest BCUT2D eigenvalue weighted by Gasteiger charge is 2.17. The van der Waals surface area contributed by atoms with E-state index in [0.717, 1.165) is 5.56 Å². The van der Waals surface area contributed by atoms with Crippen molar-refractivity contribution < 1.29 is 19.0 Å². The maximum atomic E-state index is 11.4. The van der Waals surface area contributed by atoms with Gasteiger partial charge in [0.25, 0.3) is 5.91 Å². The Morgan fingerprint density at radius 3 is 2.89 bits per heavy atom. The topological polar surface area (TPSA) is 82.8 Å². The molecule has 6 heteroatoms. The lowest BCUT2D eigenvalue weighted by molar-refractivity contribution is -0.122. The molecule has 0 bridgehead atoms. The minimum absolute atomic E-state index is 0.0829. The van der Waals surface area contributed by atoms with E-state index in [-0.39, 0.29) is 19.3 Å². The van der Waals surface area contributed by atoms with Crippen LogP contribution in [0, 0.1) is 0 Å². The molecule has 1 aromatic rings. The van der Waals surface area contributed by atoms with E-state index in [4.69, 9.17) is 19.9 Å². The Labute approximate surface area is 111 Å². The van der Waals surface area contributed by atoms with Crippen LogP contribution in [0.5, 0.6) is 17.2 Å². The first kappa shape index (κ1) is 13.2. The second kappa shape index (κ2) is 6.10. The average molecular weight is 264 g/mol. The number of carbonyl (C=O) groups is 1. The molecule has 1 aliphatic heterocycles. The van der Waals surface area contributed by atoms with E-state index >= 15 is 0 Å². The van der Waals surface area contributed by atoms with Crippen molar-refractivity contribution in [2.75, 3.05) is 19.9 Å². The Morgan fingerprint density at radius 1 is 1.47 bits per heavy atom. The fourth-order valence-electron chi connectivity index (χ4n) is 1.64. The maximum Gasteiger partial charge on any atom is 0.258 e. The highest BCUT2D eigenvalue weighted by Crippen LogP contribution is 2.37. The average Bonchev–Trinajstić information content (AvgIpc) is 2.88. The lowest BCUT2D eigenvalue weighted by Gasteiger charge is -2.11. The number of nitrogens with one attached hydrogen (secondary N) is 1. The first-order chi connectivity index (χ1) is 9.24. The molecule has 0 saturated heterocycles. The molecule has 0 fully saturated rings. The molecule has 1 heterocycles. The number of hydrogen-bond acceptors (Lipinski definition) is 5. The summed E-state index contributed by atoms with van der Waals surface area (Å²) < 4.78 is 16.0. The van der Waals surface area contributed by atoms with Crippen molar-refractivity contribution in [3.8, 4) is 17.2 Å². The third kappa shape index (κ3) is 3.17. The van der Waals surface area contributed by atoms with Gasteiger partial charge in [-0.25, -0.2) is 0 Å². The van der Waals surface area contributed by atoms with Crippen molar-refractivity contribution in [2.45, 2.75) is 6.54 Å². The summed E-state index contributed by atoms with van der Waals surface area (Å²) in [4.78, 5) is 11.4. The maximum absolute atomic E-state index is 11.4. The normalized spacial score (nSPS) is 12.1. The van der Waals surface area contributed by atoms with E-state index in [9.17, 15) is 4.79 Å². The van der Waals surface area contributed by atoms with Crippen LogP contribution < -0.4 is 25.3 Å². The molecule has 0 atom stereocenters. The van der Waals surface area contributed by atoms with E-state index in [0.29, 0.717) is 30.3 Å². The van der Waals surface area contributed by atoms with Gasteiger partial charge in [0.05, 0.1) is 0 Å². The quantitative estimate of drug-likeness (QED) is 0.733. The van der Waals surface area contributed by atoms with Crippen molar-refractivity contribution in [3.05, 3.63) is 30.4 Å². The summed E-state index contributed by atoms with van der Waals surface area (Å²) in [5.41, 5.74) is 6.41. The smallest absolute Gasteiger partial charge is 0.258 e. The Bertz CT molecular complexity index is 488. The predicted molar refractivity (Wildman–Crippen MR) is 69.2 cm³/mol. The van der Waals surface area contributed by atoms with Crippen molar-refractivity contribution in [3.63, 3.8) is 0 Å². The number of amides is 1. The molecule has 1 aromatic carbocycles. The summed E-state index contributed by atoms with van der Waals surface area (Å²) in [6.07, 6.45) is 1.60. The lowest BCUT2D eigenvalue weighted by Crippen LogP contribution is -2.29. The molecule has 0 radical (unpaired) electrons. The molecule has 102 valence electrons. The van der Waals surface area contributed by atoms with Crippen LogP contribution in [0.25, 0.3) is 0 Å². The van der Waals surface area contributed by atoms with Crippen LogP contribution in [0.4, 0.5) is 0 Å². The van der Waals surface area contributed by atoms with Crippen LogP contribution in [-0.4, -0.2) is 25.9 Å². The third-order valence-corrected chi connectivity index (χ3v) is 2.58. The van der Waals surface area contributed by atoms with Gasteiger partial charge in [0.1, 0.15) is 5.75 Å². The molecular formula is C13H16N2O4. The highest BCUT2D eigenvalue weighted by atomic mass is 16.7. The predicted octanol–water partition coefficient (Wildman–Crippen LogP) is 0.555. The minimum atomic E-state index is -0.222. The fourth-order valence-corrected chi connectivity index (χ4v) is 1.64. The SMILES string of the molecule is C=CCNC(=O)COc1cc2c(cc1CN)OCO2. The van der Waals surface area contributed by atoms with E-state index in [1.165, 1.54) is 0 Å². The largest absolute Gasteiger partial charge is 0.483 e. The van der Waals surface area contributed by atoms with E-state index < -0.39 is 0 Å². The zero-order valence-electron chi connectivity index (χ0n) is 10.5. The molecule has 1 amide bonds. The lowest BCUT2D eigenvalue weighted by atomic mass is 10.2. The molecular weight excluding hydrogens is 248 g/mol. The molecule has 1 aliphatic rings. The van der Waals surface area contributed by atoms with Gasteiger partial charge >= 0.3 is 0 Å². The van der Waals surface area contributed by atoms with Gasteiger partial charge < -0.3 is 25.3 Å². The van der Waals surface area contributed by atoms with Gasteiger partial charge in [0, 0.05) is 24.7 Å². The van der Waals surface area contributed by atoms with Crippen molar-refractivity contribution in [1.29, 1.82) is 0 Å². The summed E-state index contributed by atoms with van der Waals surface area (Å²) in [5.74, 6) is 1.55. The fraction of sp³-hybridized carbons (Fsp3) is 0.308. The van der Waals surface area contributed by atoms with Crippen molar-refractivity contribution in [1.82, 2.24) is 5.32 Å². The number of rotatable bonds is 6. The van der Waals surface area contributed by atoms with Gasteiger partial charge in [0.2, 0.25) is 6.79 Å². The number of hydrogen-bond donors (Lipinski definition) is 2. The molecule has 0 aliphatic carbocycles. The number of carbonyl (C=O) groups excluding carboxylic acids is 1. The van der Waals surface area contributed by atoms with Gasteiger partial charge in [-0.2, -0.15) is 0 Å². The Hall–Kier alpha value is -2.21. The van der Waals surface area contributed by atoms with E-state index in [2.05, 4.69) is 11.9 Å². The van der Waals surface area contributed by atoms with Crippen LogP contribution in [0.15, 0.2) is 24.8 Å². The van der Waals surface area contributed by atoms with Crippen LogP contribution in [0.1, 0.15) is 5.56 Å². The molecule has 19 heavy (non-hydrogen) atoms. The summed E-state index contributed by atoms with van der Waals surface area (Å²) >= 11 is 0. The Balaban J connectivity index is 2.03. The second-order valence-corrected chi connectivity index (χ2v) is 3.90. The zero-order chi connectivity index (χ0) is 13.7. The number of nitrogens with two attached hydrogens (primary N) is 1. The molecule has 0 saturated carbocycles. The van der Waals surface area contributed by atoms with Crippen LogP contribution in [-0.2, 0) is 11.3 Å². The molecule has 0 aromatic heterocycles. The third-order valence-electron chi connectivity index (χ3n) is 2.58. The number of fused-ring (bicyclic) bond motifs is 1. The molecule has 6 nitrogen and oxygen atoms in total. The van der Waals surface area contributed by atoms with Crippen LogP contribution in [0.2, 0.25) is 0 Å². The molecule has 0 unspecified atom stereocenters. The first-order valence-electron chi connectivity index (χ1n) is 5.87. The van der Waals surface area contributed by atoms with E-state index in [1.807, 2.05) is 0 Å². The van der Waals surface area contributed by atoms with Gasteiger partial charge in [-0.3, -0.25) is 4.79 Å². The summed E-state index contributed by atoms with van der Waals surface area (Å²) in [6, 6.07) is 3.45. The Kier molecular flexibility index (Phi) is 4.25. The Morgan fingerprint density at radius 2 is 2.21 bits per heavy atom. The minimum Gasteiger partial charge on any atom is -0.483 e. The monoisotopic (exact) mass is 264 g/mol. The van der Waals surface area contributed by atoms with E-state index in [1.54, 1.807) is 18.2 Å². The van der Waals surface area contributed by atoms with Crippen molar-refractivity contribution >= 4 is 5.91 Å². The van der Waals surface area contributed by atoms with Crippen LogP contribution in [0.3, 0.4) is 0 Å². The summed E-state index contributed by atoms with van der Waals surface area (Å²) in [7, 11) is 0. The second-order valence-electron chi connectivity index (χ2n) is 3.90. The summed E-state index contributed by atoms with van der Waals surface area (Å²) in [6.45, 7) is 4.32. The zero-order valence-corrected chi connectivity index (χ0v) is 10.5. The highest BCUT2D eigenvalue weighted by molar-refractivity contribution is 5.77. The van der Waals surface area contributed by atoms with Crippen molar-refractivity contribution in [2.24, 2.45) is 5.73 Å². The van der Waals surface area contributed by atoms with Gasteiger partial charge in [-0.05, 0) is 6.07 Å².